The molecule has 0 atom stereocenters. The average Bonchev–Trinajstić information content (AvgIpc) is 2.94. The summed E-state index contributed by atoms with van der Waals surface area (Å²) in [7, 11) is 3.32. The number of ether oxygens (including phenoxy) is 2. The highest BCUT2D eigenvalue weighted by Crippen LogP contribution is 2.27. The summed E-state index contributed by atoms with van der Waals surface area (Å²) in [6.45, 7) is 6.05. The Hall–Kier alpha value is -3.75. The fraction of sp³-hybridized carbons (Fsp3) is 0.345. The van der Waals surface area contributed by atoms with Gasteiger partial charge in [-0.1, -0.05) is 13.0 Å². The monoisotopic (exact) mass is 501 g/mol. The zero-order chi connectivity index (χ0) is 26.0. The van der Waals surface area contributed by atoms with Crippen LogP contribution in [0.4, 0.5) is 5.69 Å². The summed E-state index contributed by atoms with van der Waals surface area (Å²) < 4.78 is 11.0. The van der Waals surface area contributed by atoms with E-state index in [2.05, 4.69) is 38.8 Å². The van der Waals surface area contributed by atoms with Gasteiger partial charge in [-0.15, -0.1) is 0 Å². The first-order valence-electron chi connectivity index (χ1n) is 12.6. The van der Waals surface area contributed by atoms with Crippen molar-refractivity contribution in [2.45, 2.75) is 19.9 Å². The summed E-state index contributed by atoms with van der Waals surface area (Å²) in [6, 6.07) is 16.2. The molecule has 0 fully saturated rings. The predicted molar refractivity (Wildman–Crippen MR) is 146 cm³/mol. The molecule has 8 nitrogen and oxygen atoms in total. The lowest BCUT2D eigenvalue weighted by atomic mass is 10.1. The number of pyridine rings is 1. The maximum Gasteiger partial charge on any atom is 0.122 e. The first kappa shape index (κ1) is 26.3. The zero-order valence-corrected chi connectivity index (χ0v) is 21.8. The van der Waals surface area contributed by atoms with Crippen LogP contribution in [0.2, 0.25) is 0 Å². The molecule has 0 aliphatic rings. The lowest BCUT2D eigenvalue weighted by Crippen LogP contribution is -2.36. The Morgan fingerprint density at radius 2 is 1.68 bits per heavy atom. The number of likely N-dealkylation sites (N-methyl/N-ethyl adjacent to an activating group) is 1. The third-order valence-electron chi connectivity index (χ3n) is 6.38. The van der Waals surface area contributed by atoms with E-state index >= 15 is 0 Å². The topological polar surface area (TPSA) is 83.8 Å². The van der Waals surface area contributed by atoms with E-state index in [-0.39, 0.29) is 6.61 Å². The van der Waals surface area contributed by atoms with Crippen molar-refractivity contribution in [3.05, 3.63) is 83.9 Å². The molecule has 194 valence electrons. The second-order valence-electron chi connectivity index (χ2n) is 8.87. The van der Waals surface area contributed by atoms with Gasteiger partial charge in [-0.3, -0.25) is 14.9 Å². The van der Waals surface area contributed by atoms with Gasteiger partial charge >= 0.3 is 0 Å². The number of aliphatic hydroxyl groups excluding tert-OH is 1. The molecule has 2 aromatic heterocycles. The Kier molecular flexibility index (Phi) is 9.24. The van der Waals surface area contributed by atoms with Crippen molar-refractivity contribution in [2.24, 2.45) is 0 Å². The SMILES string of the molecule is CCN(CCO)CCN(Cc1cc(OC)cc(OC)c1)c1ccc2ncc(Cc3cccnc3)nc2c1. The third kappa shape index (κ3) is 7.15. The normalized spacial score (nSPS) is 11.2. The number of methoxy groups -OCH3 is 2. The standard InChI is InChI=1S/C29H35N5O3/c1-4-33(12-13-35)10-11-34(21-23-15-26(36-2)18-27(16-23)37-3)25-7-8-28-29(17-25)32-24(20-31-28)14-22-6-5-9-30-19-22/h5-9,15-20,35H,4,10-14,21H2,1-3H3. The van der Waals surface area contributed by atoms with E-state index in [9.17, 15) is 5.11 Å². The third-order valence-corrected chi connectivity index (χ3v) is 6.38. The van der Waals surface area contributed by atoms with E-state index in [1.54, 1.807) is 20.4 Å². The fourth-order valence-electron chi connectivity index (χ4n) is 4.34. The number of benzene rings is 2. The number of aromatic nitrogens is 3. The maximum atomic E-state index is 9.45. The van der Waals surface area contributed by atoms with Gasteiger partial charge in [0.15, 0.2) is 0 Å². The Morgan fingerprint density at radius 3 is 2.35 bits per heavy atom. The molecule has 2 heterocycles. The second kappa shape index (κ2) is 13.0. The summed E-state index contributed by atoms with van der Waals surface area (Å²) in [5, 5.41) is 9.45. The quantitative estimate of drug-likeness (QED) is 0.295. The highest BCUT2D eigenvalue weighted by atomic mass is 16.5. The van der Waals surface area contributed by atoms with Crippen molar-refractivity contribution < 1.29 is 14.6 Å². The molecule has 0 amide bonds. The molecule has 1 N–H and O–H groups in total. The van der Waals surface area contributed by atoms with Crippen LogP contribution in [0.15, 0.2) is 67.1 Å². The average molecular weight is 502 g/mol. The number of nitrogens with zero attached hydrogens (tertiary/aromatic N) is 5. The summed E-state index contributed by atoms with van der Waals surface area (Å²) in [5.74, 6) is 1.52. The molecule has 0 radical (unpaired) electrons. The van der Waals surface area contributed by atoms with E-state index in [0.29, 0.717) is 19.5 Å². The van der Waals surface area contributed by atoms with Gasteiger partial charge < -0.3 is 19.5 Å². The molecule has 0 unspecified atom stereocenters. The largest absolute Gasteiger partial charge is 0.497 e. The van der Waals surface area contributed by atoms with Crippen LogP contribution in [0.25, 0.3) is 11.0 Å². The number of hydrogen-bond donors (Lipinski definition) is 1. The molecule has 37 heavy (non-hydrogen) atoms. The predicted octanol–water partition coefficient (Wildman–Crippen LogP) is 3.95. The lowest BCUT2D eigenvalue weighted by Gasteiger charge is -2.29. The molecule has 4 rings (SSSR count). The maximum absolute atomic E-state index is 9.45. The van der Waals surface area contributed by atoms with Gasteiger partial charge in [0, 0.05) is 62.9 Å². The fourth-order valence-corrected chi connectivity index (χ4v) is 4.34. The Morgan fingerprint density at radius 1 is 0.865 bits per heavy atom. The molecule has 0 bridgehead atoms. The summed E-state index contributed by atoms with van der Waals surface area (Å²) in [6.07, 6.45) is 6.15. The molecule has 0 saturated heterocycles. The van der Waals surface area contributed by atoms with Crippen molar-refractivity contribution in [1.29, 1.82) is 0 Å². The van der Waals surface area contributed by atoms with Gasteiger partial charge in [0.1, 0.15) is 11.5 Å². The molecule has 0 saturated carbocycles. The first-order valence-corrected chi connectivity index (χ1v) is 12.6. The molecule has 4 aromatic rings. The van der Waals surface area contributed by atoms with E-state index in [1.807, 2.05) is 48.8 Å². The molecular weight excluding hydrogens is 466 g/mol. The Bertz CT molecular complexity index is 1260. The summed E-state index contributed by atoms with van der Waals surface area (Å²) >= 11 is 0. The molecule has 0 aliphatic heterocycles. The second-order valence-corrected chi connectivity index (χ2v) is 8.87. The Balaban J connectivity index is 1.64. The van der Waals surface area contributed by atoms with Gasteiger partial charge in [-0.25, -0.2) is 4.98 Å². The van der Waals surface area contributed by atoms with Crippen LogP contribution in [0.5, 0.6) is 11.5 Å². The lowest BCUT2D eigenvalue weighted by molar-refractivity contribution is 0.204. The van der Waals surface area contributed by atoms with Crippen LogP contribution in [0, 0.1) is 0 Å². The van der Waals surface area contributed by atoms with Crippen molar-refractivity contribution in [2.75, 3.05) is 51.9 Å². The number of aliphatic hydroxyl groups is 1. The van der Waals surface area contributed by atoms with Crippen LogP contribution < -0.4 is 14.4 Å². The minimum absolute atomic E-state index is 0.145. The first-order chi connectivity index (χ1) is 18.1. The van der Waals surface area contributed by atoms with Crippen LogP contribution in [-0.2, 0) is 13.0 Å². The van der Waals surface area contributed by atoms with Crippen molar-refractivity contribution in [3.8, 4) is 11.5 Å². The number of fused-ring (bicyclic) bond motifs is 1. The number of anilines is 1. The van der Waals surface area contributed by atoms with Gasteiger partial charge in [-0.05, 0) is 54.1 Å². The van der Waals surface area contributed by atoms with Crippen LogP contribution in [-0.4, -0.2) is 72.0 Å². The van der Waals surface area contributed by atoms with E-state index in [0.717, 1.165) is 64.7 Å². The van der Waals surface area contributed by atoms with Gasteiger partial charge in [-0.2, -0.15) is 0 Å². The highest BCUT2D eigenvalue weighted by Gasteiger charge is 2.14. The zero-order valence-electron chi connectivity index (χ0n) is 21.8. The van der Waals surface area contributed by atoms with Crippen LogP contribution in [0.3, 0.4) is 0 Å². The van der Waals surface area contributed by atoms with Crippen molar-refractivity contribution >= 4 is 16.7 Å². The van der Waals surface area contributed by atoms with Crippen LogP contribution >= 0.6 is 0 Å². The van der Waals surface area contributed by atoms with E-state index < -0.39 is 0 Å². The van der Waals surface area contributed by atoms with Gasteiger partial charge in [0.2, 0.25) is 0 Å². The molecule has 2 aromatic carbocycles. The minimum atomic E-state index is 0.145. The number of hydrogen-bond acceptors (Lipinski definition) is 8. The summed E-state index contributed by atoms with van der Waals surface area (Å²) in [4.78, 5) is 18.3. The highest BCUT2D eigenvalue weighted by molar-refractivity contribution is 5.79. The minimum Gasteiger partial charge on any atom is -0.497 e. The molecule has 0 aliphatic carbocycles. The van der Waals surface area contributed by atoms with Gasteiger partial charge in [0.05, 0.1) is 37.6 Å². The van der Waals surface area contributed by atoms with Crippen LogP contribution in [0.1, 0.15) is 23.7 Å². The van der Waals surface area contributed by atoms with Crippen molar-refractivity contribution in [1.82, 2.24) is 19.9 Å². The molecule has 0 spiro atoms. The summed E-state index contributed by atoms with van der Waals surface area (Å²) in [5.41, 5.74) is 5.86. The molecule has 8 heteroatoms. The van der Waals surface area contributed by atoms with E-state index in [4.69, 9.17) is 14.5 Å². The van der Waals surface area contributed by atoms with Crippen molar-refractivity contribution in [3.63, 3.8) is 0 Å². The van der Waals surface area contributed by atoms with Gasteiger partial charge in [0.25, 0.3) is 0 Å². The Labute approximate surface area is 218 Å². The molecular formula is C29H35N5O3. The number of rotatable bonds is 13. The van der Waals surface area contributed by atoms with E-state index in [1.165, 1.54) is 0 Å². The smallest absolute Gasteiger partial charge is 0.122 e.